The minimum atomic E-state index is -0.943. The van der Waals surface area contributed by atoms with Gasteiger partial charge in [-0.1, -0.05) is 0 Å². The third-order valence-corrected chi connectivity index (χ3v) is 2.39. The van der Waals surface area contributed by atoms with Gasteiger partial charge in [-0.25, -0.2) is 4.39 Å². The van der Waals surface area contributed by atoms with E-state index in [4.69, 9.17) is 14.6 Å². The highest BCUT2D eigenvalue weighted by atomic mass is 19.1. The summed E-state index contributed by atoms with van der Waals surface area (Å²) in [7, 11) is 0. The van der Waals surface area contributed by atoms with Gasteiger partial charge in [0, 0.05) is 12.0 Å². The van der Waals surface area contributed by atoms with E-state index in [0.717, 1.165) is 0 Å². The lowest BCUT2D eigenvalue weighted by Gasteiger charge is -2.18. The zero-order chi connectivity index (χ0) is 11.5. The number of rotatable bonds is 3. The van der Waals surface area contributed by atoms with Gasteiger partial charge in [-0.15, -0.1) is 0 Å². The van der Waals surface area contributed by atoms with E-state index >= 15 is 0 Å². The smallest absolute Gasteiger partial charge is 0.303 e. The molecule has 2 rings (SSSR count). The normalized spacial score (nSPS) is 14.1. The molecule has 1 aliphatic rings. The van der Waals surface area contributed by atoms with Crippen molar-refractivity contribution in [3.8, 4) is 5.75 Å². The van der Waals surface area contributed by atoms with Crippen LogP contribution in [0.25, 0.3) is 0 Å². The maximum Gasteiger partial charge on any atom is 0.303 e. The number of aryl methyl sites for hydroxylation is 1. The van der Waals surface area contributed by atoms with Crippen LogP contribution in [0.2, 0.25) is 0 Å². The van der Waals surface area contributed by atoms with Crippen LogP contribution in [0.15, 0.2) is 12.1 Å². The second-order valence-corrected chi connectivity index (χ2v) is 3.56. The molecule has 16 heavy (non-hydrogen) atoms. The molecule has 0 saturated carbocycles. The van der Waals surface area contributed by atoms with Crippen LogP contribution < -0.4 is 4.74 Å². The summed E-state index contributed by atoms with van der Waals surface area (Å²) in [6, 6.07) is 2.89. The Kier molecular flexibility index (Phi) is 3.05. The molecule has 5 heteroatoms. The Balaban J connectivity index is 2.21. The van der Waals surface area contributed by atoms with E-state index in [1.54, 1.807) is 6.07 Å². The van der Waals surface area contributed by atoms with Gasteiger partial charge in [-0.3, -0.25) is 4.79 Å². The minimum absolute atomic E-state index is 0.0911. The van der Waals surface area contributed by atoms with Gasteiger partial charge >= 0.3 is 5.97 Å². The van der Waals surface area contributed by atoms with Crippen molar-refractivity contribution < 1.29 is 23.8 Å². The van der Waals surface area contributed by atoms with E-state index < -0.39 is 11.8 Å². The van der Waals surface area contributed by atoms with E-state index in [2.05, 4.69) is 0 Å². The van der Waals surface area contributed by atoms with Gasteiger partial charge in [0.05, 0.1) is 6.61 Å². The first-order valence-electron chi connectivity index (χ1n) is 4.90. The Hall–Kier alpha value is -1.62. The van der Waals surface area contributed by atoms with Crippen LogP contribution in [0, 0.1) is 5.82 Å². The fraction of sp³-hybridized carbons (Fsp3) is 0.364. The molecular formula is C11H11FO4. The Bertz CT molecular complexity index is 417. The predicted octanol–water partition coefficient (Wildman–Crippen LogP) is 1.71. The van der Waals surface area contributed by atoms with Crippen LogP contribution in [0.4, 0.5) is 4.39 Å². The van der Waals surface area contributed by atoms with E-state index in [1.807, 2.05) is 0 Å². The first kappa shape index (κ1) is 10.9. The second-order valence-electron chi connectivity index (χ2n) is 3.56. The van der Waals surface area contributed by atoms with Gasteiger partial charge in [0.2, 0.25) is 0 Å². The van der Waals surface area contributed by atoms with Crippen molar-refractivity contribution in [1.82, 2.24) is 0 Å². The summed E-state index contributed by atoms with van der Waals surface area (Å²) in [4.78, 5) is 10.4. The van der Waals surface area contributed by atoms with Gasteiger partial charge in [-0.2, -0.15) is 0 Å². The summed E-state index contributed by atoms with van der Waals surface area (Å²) >= 11 is 0. The highest BCUT2D eigenvalue weighted by Gasteiger charge is 2.15. The number of hydrogen-bond acceptors (Lipinski definition) is 3. The summed E-state index contributed by atoms with van der Waals surface area (Å²) in [5.41, 5.74) is 1.02. The molecule has 4 nitrogen and oxygen atoms in total. The number of hydrogen-bond donors (Lipinski definition) is 1. The fourth-order valence-electron chi connectivity index (χ4n) is 1.57. The molecule has 0 radical (unpaired) electrons. The van der Waals surface area contributed by atoms with Crippen LogP contribution in [0.5, 0.6) is 5.75 Å². The molecule has 0 aromatic heterocycles. The SMILES string of the molecule is O=C(O)CCc1cc2c(cc1F)COCO2. The van der Waals surface area contributed by atoms with Gasteiger partial charge in [-0.05, 0) is 24.1 Å². The van der Waals surface area contributed by atoms with Crippen molar-refractivity contribution in [1.29, 1.82) is 0 Å². The fourth-order valence-corrected chi connectivity index (χ4v) is 1.57. The van der Waals surface area contributed by atoms with Crippen LogP contribution in [0.1, 0.15) is 17.5 Å². The van der Waals surface area contributed by atoms with Gasteiger partial charge in [0.25, 0.3) is 0 Å². The maximum absolute atomic E-state index is 13.5. The molecule has 0 saturated heterocycles. The van der Waals surface area contributed by atoms with Crippen molar-refractivity contribution in [2.45, 2.75) is 19.4 Å². The number of carbonyl (C=O) groups is 1. The number of halogens is 1. The largest absolute Gasteiger partial charge is 0.481 e. The Labute approximate surface area is 91.6 Å². The molecule has 0 amide bonds. The van der Waals surface area contributed by atoms with Crippen molar-refractivity contribution in [2.24, 2.45) is 0 Å². The highest BCUT2D eigenvalue weighted by Crippen LogP contribution is 2.27. The molecule has 1 heterocycles. The lowest BCUT2D eigenvalue weighted by molar-refractivity contribution is -0.136. The first-order chi connectivity index (χ1) is 7.66. The number of carboxylic acid groups (broad SMARTS) is 1. The van der Waals surface area contributed by atoms with Crippen molar-refractivity contribution >= 4 is 5.97 Å². The summed E-state index contributed by atoms with van der Waals surface area (Å²) < 4.78 is 23.7. The van der Waals surface area contributed by atoms with E-state index in [0.29, 0.717) is 23.5 Å². The third kappa shape index (κ3) is 2.30. The monoisotopic (exact) mass is 226 g/mol. The van der Waals surface area contributed by atoms with E-state index in [-0.39, 0.29) is 19.6 Å². The molecular weight excluding hydrogens is 215 g/mol. The highest BCUT2D eigenvalue weighted by molar-refractivity contribution is 5.67. The van der Waals surface area contributed by atoms with Crippen molar-refractivity contribution in [2.75, 3.05) is 6.79 Å². The van der Waals surface area contributed by atoms with Crippen LogP contribution >= 0.6 is 0 Å². The van der Waals surface area contributed by atoms with Gasteiger partial charge in [0.15, 0.2) is 6.79 Å². The molecule has 1 N–H and O–H groups in total. The zero-order valence-corrected chi connectivity index (χ0v) is 8.53. The molecule has 1 aromatic rings. The summed E-state index contributed by atoms with van der Waals surface area (Å²) in [6.45, 7) is 0.475. The second kappa shape index (κ2) is 4.49. The maximum atomic E-state index is 13.5. The summed E-state index contributed by atoms with van der Waals surface area (Å²) in [6.07, 6.45) is 0.0743. The molecule has 0 bridgehead atoms. The van der Waals surface area contributed by atoms with E-state index in [9.17, 15) is 9.18 Å². The number of aliphatic carboxylic acids is 1. The number of fused-ring (bicyclic) bond motifs is 1. The third-order valence-electron chi connectivity index (χ3n) is 2.39. The summed E-state index contributed by atoms with van der Waals surface area (Å²) in [5.74, 6) is -0.775. The minimum Gasteiger partial charge on any atom is -0.481 e. The average molecular weight is 226 g/mol. The topological polar surface area (TPSA) is 55.8 Å². The quantitative estimate of drug-likeness (QED) is 0.852. The Morgan fingerprint density at radius 2 is 2.31 bits per heavy atom. The van der Waals surface area contributed by atoms with Crippen LogP contribution in [0.3, 0.4) is 0 Å². The molecule has 86 valence electrons. The van der Waals surface area contributed by atoms with Gasteiger partial charge in [0.1, 0.15) is 11.6 Å². The van der Waals surface area contributed by atoms with Crippen molar-refractivity contribution in [3.63, 3.8) is 0 Å². The molecule has 0 aliphatic carbocycles. The molecule has 0 fully saturated rings. The first-order valence-corrected chi connectivity index (χ1v) is 4.90. The predicted molar refractivity (Wildman–Crippen MR) is 52.6 cm³/mol. The standard InChI is InChI=1S/C11H11FO4/c12-9-3-8-5-15-6-16-10(8)4-7(9)1-2-11(13)14/h3-4H,1-2,5-6H2,(H,13,14). The van der Waals surface area contributed by atoms with Crippen molar-refractivity contribution in [3.05, 3.63) is 29.1 Å². The number of carboxylic acids is 1. The lowest BCUT2D eigenvalue weighted by Crippen LogP contribution is -2.12. The average Bonchev–Trinajstić information content (AvgIpc) is 2.26. The Morgan fingerprint density at radius 1 is 1.50 bits per heavy atom. The van der Waals surface area contributed by atoms with Crippen LogP contribution in [-0.2, 0) is 22.6 Å². The number of benzene rings is 1. The Morgan fingerprint density at radius 3 is 3.06 bits per heavy atom. The lowest BCUT2D eigenvalue weighted by atomic mass is 10.1. The van der Waals surface area contributed by atoms with Gasteiger partial charge < -0.3 is 14.6 Å². The summed E-state index contributed by atoms with van der Waals surface area (Å²) in [5, 5.41) is 8.53. The molecule has 0 unspecified atom stereocenters. The van der Waals surface area contributed by atoms with E-state index in [1.165, 1.54) is 6.07 Å². The zero-order valence-electron chi connectivity index (χ0n) is 8.53. The molecule has 1 aliphatic heterocycles. The number of ether oxygens (including phenoxy) is 2. The van der Waals surface area contributed by atoms with Crippen LogP contribution in [-0.4, -0.2) is 17.9 Å². The molecule has 1 aromatic carbocycles. The molecule has 0 atom stereocenters. The molecule has 0 spiro atoms.